The van der Waals surface area contributed by atoms with Crippen molar-refractivity contribution in [3.8, 4) is 0 Å². The molecule has 4 nitrogen and oxygen atoms in total. The number of carbonyl (C=O) groups is 1. The minimum atomic E-state index is 0.188. The first-order chi connectivity index (χ1) is 10.1. The molecule has 112 valence electrons. The summed E-state index contributed by atoms with van der Waals surface area (Å²) >= 11 is 1.76. The average molecular weight is 303 g/mol. The van der Waals surface area contributed by atoms with E-state index in [1.54, 1.807) is 18.3 Å². The summed E-state index contributed by atoms with van der Waals surface area (Å²) in [5.74, 6) is 0.188. The molecule has 0 aliphatic carbocycles. The van der Waals surface area contributed by atoms with E-state index in [0.29, 0.717) is 6.04 Å². The SMILES string of the molecule is CC(=O)N1CCC(NC(C)c2nc3ccccc3s2)CC1. The Balaban J connectivity index is 1.61. The minimum absolute atomic E-state index is 0.188. The third-order valence-corrected chi connectivity index (χ3v) is 5.33. The number of aromatic nitrogens is 1. The van der Waals surface area contributed by atoms with Gasteiger partial charge in [-0.05, 0) is 31.9 Å². The zero-order valence-electron chi connectivity index (χ0n) is 12.5. The molecule has 1 aliphatic rings. The number of rotatable bonds is 3. The molecular formula is C16H21N3OS. The number of piperidine rings is 1. The van der Waals surface area contributed by atoms with E-state index in [-0.39, 0.29) is 11.9 Å². The average Bonchev–Trinajstić information content (AvgIpc) is 2.92. The number of nitrogens with zero attached hydrogens (tertiary/aromatic N) is 2. The van der Waals surface area contributed by atoms with Crippen LogP contribution in [0.2, 0.25) is 0 Å². The van der Waals surface area contributed by atoms with Gasteiger partial charge < -0.3 is 10.2 Å². The molecule has 1 fully saturated rings. The maximum absolute atomic E-state index is 11.3. The fourth-order valence-electron chi connectivity index (χ4n) is 2.86. The fraction of sp³-hybridized carbons (Fsp3) is 0.500. The Kier molecular flexibility index (Phi) is 4.22. The highest BCUT2D eigenvalue weighted by atomic mass is 32.1. The first kappa shape index (κ1) is 14.5. The molecule has 3 rings (SSSR count). The molecule has 0 radical (unpaired) electrons. The summed E-state index contributed by atoms with van der Waals surface area (Å²) in [7, 11) is 0. The number of likely N-dealkylation sites (tertiary alicyclic amines) is 1. The van der Waals surface area contributed by atoms with Gasteiger partial charge in [-0.2, -0.15) is 0 Å². The molecule has 1 aliphatic heterocycles. The molecule has 1 aromatic carbocycles. The zero-order valence-corrected chi connectivity index (χ0v) is 13.3. The van der Waals surface area contributed by atoms with Crippen LogP contribution in [0.15, 0.2) is 24.3 Å². The minimum Gasteiger partial charge on any atom is -0.343 e. The Morgan fingerprint density at radius 2 is 2.10 bits per heavy atom. The largest absolute Gasteiger partial charge is 0.343 e. The molecule has 0 saturated carbocycles. The van der Waals surface area contributed by atoms with Crippen LogP contribution in [0.1, 0.15) is 37.7 Å². The van der Waals surface area contributed by atoms with Crippen LogP contribution in [-0.2, 0) is 4.79 Å². The van der Waals surface area contributed by atoms with E-state index < -0.39 is 0 Å². The summed E-state index contributed by atoms with van der Waals surface area (Å²) < 4.78 is 1.24. The topological polar surface area (TPSA) is 45.2 Å². The van der Waals surface area contributed by atoms with Gasteiger partial charge in [-0.1, -0.05) is 12.1 Å². The molecular weight excluding hydrogens is 282 g/mol. The van der Waals surface area contributed by atoms with Crippen LogP contribution >= 0.6 is 11.3 Å². The summed E-state index contributed by atoms with van der Waals surface area (Å²) in [4.78, 5) is 18.0. The quantitative estimate of drug-likeness (QED) is 0.948. The lowest BCUT2D eigenvalue weighted by atomic mass is 10.0. The summed E-state index contributed by atoms with van der Waals surface area (Å²) in [6.07, 6.45) is 2.05. The predicted octanol–water partition coefficient (Wildman–Crippen LogP) is 2.96. The molecule has 1 atom stereocenters. The molecule has 0 spiro atoms. The van der Waals surface area contributed by atoms with E-state index in [9.17, 15) is 4.79 Å². The Bertz CT molecular complexity index is 598. The standard InChI is InChI=1S/C16H21N3OS/c1-11(16-18-14-5-3-4-6-15(14)21-16)17-13-7-9-19(10-8-13)12(2)20/h3-6,11,13,17H,7-10H2,1-2H3. The van der Waals surface area contributed by atoms with Crippen molar-refractivity contribution in [2.24, 2.45) is 0 Å². The molecule has 21 heavy (non-hydrogen) atoms. The number of benzene rings is 1. The van der Waals surface area contributed by atoms with E-state index >= 15 is 0 Å². The van der Waals surface area contributed by atoms with Crippen LogP contribution in [0.25, 0.3) is 10.2 Å². The highest BCUT2D eigenvalue weighted by molar-refractivity contribution is 7.18. The highest BCUT2D eigenvalue weighted by Gasteiger charge is 2.23. The third-order valence-electron chi connectivity index (χ3n) is 4.11. The number of fused-ring (bicyclic) bond motifs is 1. The maximum atomic E-state index is 11.3. The number of para-hydroxylation sites is 1. The molecule has 1 saturated heterocycles. The number of amides is 1. The summed E-state index contributed by atoms with van der Waals surface area (Å²) in [6, 6.07) is 9.00. The highest BCUT2D eigenvalue weighted by Crippen LogP contribution is 2.27. The van der Waals surface area contributed by atoms with Gasteiger partial charge in [-0.3, -0.25) is 4.79 Å². The normalized spacial score (nSPS) is 18.1. The van der Waals surface area contributed by atoms with Gasteiger partial charge in [0.25, 0.3) is 0 Å². The molecule has 0 bridgehead atoms. The predicted molar refractivity (Wildman–Crippen MR) is 86.4 cm³/mol. The van der Waals surface area contributed by atoms with Crippen molar-refractivity contribution in [1.29, 1.82) is 0 Å². The molecule has 2 heterocycles. The number of carbonyl (C=O) groups excluding carboxylic acids is 1. The Morgan fingerprint density at radius 1 is 1.38 bits per heavy atom. The monoisotopic (exact) mass is 303 g/mol. The van der Waals surface area contributed by atoms with E-state index in [1.165, 1.54) is 4.70 Å². The first-order valence-electron chi connectivity index (χ1n) is 7.50. The van der Waals surface area contributed by atoms with Gasteiger partial charge in [-0.15, -0.1) is 11.3 Å². The van der Waals surface area contributed by atoms with Gasteiger partial charge in [-0.25, -0.2) is 4.98 Å². The van der Waals surface area contributed by atoms with Gasteiger partial charge in [0.15, 0.2) is 0 Å². The lowest BCUT2D eigenvalue weighted by Gasteiger charge is -2.33. The van der Waals surface area contributed by atoms with Gasteiger partial charge in [0.05, 0.1) is 16.3 Å². The molecule has 5 heteroatoms. The Morgan fingerprint density at radius 3 is 2.76 bits per heavy atom. The Labute approximate surface area is 129 Å². The molecule has 1 amide bonds. The molecule has 1 aromatic heterocycles. The van der Waals surface area contributed by atoms with Crippen molar-refractivity contribution < 1.29 is 4.79 Å². The van der Waals surface area contributed by atoms with Gasteiger partial charge in [0.1, 0.15) is 5.01 Å². The lowest BCUT2D eigenvalue weighted by molar-refractivity contribution is -0.129. The van der Waals surface area contributed by atoms with Gasteiger partial charge >= 0.3 is 0 Å². The third kappa shape index (κ3) is 3.24. The Hall–Kier alpha value is -1.46. The van der Waals surface area contributed by atoms with Crippen LogP contribution in [0.3, 0.4) is 0 Å². The van der Waals surface area contributed by atoms with E-state index in [4.69, 9.17) is 4.98 Å². The molecule has 2 aromatic rings. The van der Waals surface area contributed by atoms with Crippen LogP contribution in [-0.4, -0.2) is 34.9 Å². The van der Waals surface area contributed by atoms with Crippen LogP contribution in [0.4, 0.5) is 0 Å². The second-order valence-electron chi connectivity index (χ2n) is 5.69. The van der Waals surface area contributed by atoms with Crippen LogP contribution in [0.5, 0.6) is 0 Å². The number of hydrogen-bond acceptors (Lipinski definition) is 4. The number of nitrogens with one attached hydrogen (secondary N) is 1. The summed E-state index contributed by atoms with van der Waals surface area (Å²) in [6.45, 7) is 5.55. The van der Waals surface area contributed by atoms with Gasteiger partial charge in [0.2, 0.25) is 5.91 Å². The first-order valence-corrected chi connectivity index (χ1v) is 8.32. The van der Waals surface area contributed by atoms with Crippen molar-refractivity contribution in [3.05, 3.63) is 29.3 Å². The van der Waals surface area contributed by atoms with Crippen molar-refractivity contribution >= 4 is 27.5 Å². The van der Waals surface area contributed by atoms with Crippen LogP contribution in [0, 0.1) is 0 Å². The van der Waals surface area contributed by atoms with Crippen molar-refractivity contribution in [3.63, 3.8) is 0 Å². The van der Waals surface area contributed by atoms with Crippen molar-refractivity contribution in [2.75, 3.05) is 13.1 Å². The summed E-state index contributed by atoms with van der Waals surface area (Å²) in [5.41, 5.74) is 1.08. The van der Waals surface area contributed by atoms with Crippen molar-refractivity contribution in [2.45, 2.75) is 38.8 Å². The molecule has 1 N–H and O–H groups in total. The van der Waals surface area contributed by atoms with Crippen LogP contribution < -0.4 is 5.32 Å². The molecule has 1 unspecified atom stereocenters. The van der Waals surface area contributed by atoms with Crippen molar-refractivity contribution in [1.82, 2.24) is 15.2 Å². The maximum Gasteiger partial charge on any atom is 0.219 e. The summed E-state index contributed by atoms with van der Waals surface area (Å²) in [5, 5.41) is 4.81. The zero-order chi connectivity index (χ0) is 14.8. The smallest absolute Gasteiger partial charge is 0.219 e. The van der Waals surface area contributed by atoms with E-state index in [2.05, 4.69) is 30.4 Å². The number of thiazole rings is 1. The van der Waals surface area contributed by atoms with Gasteiger partial charge in [0, 0.05) is 26.1 Å². The lowest BCUT2D eigenvalue weighted by Crippen LogP contribution is -2.44. The second kappa shape index (κ2) is 6.12. The second-order valence-corrected chi connectivity index (χ2v) is 6.75. The van der Waals surface area contributed by atoms with E-state index in [1.807, 2.05) is 11.0 Å². The van der Waals surface area contributed by atoms with E-state index in [0.717, 1.165) is 36.5 Å². The fourth-order valence-corrected chi connectivity index (χ4v) is 3.84. The number of hydrogen-bond donors (Lipinski definition) is 1.